The summed E-state index contributed by atoms with van der Waals surface area (Å²) in [7, 11) is -1.77. The van der Waals surface area contributed by atoms with Crippen LogP contribution in [0.4, 0.5) is 0 Å². The molecule has 0 amide bonds. The standard InChI is InChI=1S/C60H92Si/c1-59(2,3)47-29-25-41(26-30-47)55-49-23-15-21-43(49)35-53-51(55)37-45(33-39-17-11-9-12-18-39)57(53)61(7,8)58-46(34-40-19-13-10-14-20-40)38-52-54(58)36-44-22-16-24-50(44)56(52)42-27-31-48(32-28-42)60(4,5)6/h25-32,39-40,43-46,49-58H,9-24,33-38H2,1-8H3. The third kappa shape index (κ3) is 8.30. The Hall–Kier alpha value is -1.34. The van der Waals surface area contributed by atoms with Gasteiger partial charge in [0.25, 0.3) is 0 Å². The molecule has 0 aliphatic heterocycles. The van der Waals surface area contributed by atoms with Crippen molar-refractivity contribution >= 4 is 8.07 Å². The van der Waals surface area contributed by atoms with Gasteiger partial charge >= 0.3 is 0 Å². The molecule has 0 radical (unpaired) electrons. The summed E-state index contributed by atoms with van der Waals surface area (Å²) in [5.41, 5.74) is 9.10. The Morgan fingerprint density at radius 3 is 1.15 bits per heavy atom. The number of fused-ring (bicyclic) bond motifs is 4. The van der Waals surface area contributed by atoms with Gasteiger partial charge < -0.3 is 0 Å². The fourth-order valence-electron chi connectivity index (χ4n) is 19.2. The van der Waals surface area contributed by atoms with Gasteiger partial charge in [-0.3, -0.25) is 0 Å². The van der Waals surface area contributed by atoms with E-state index in [0.29, 0.717) is 0 Å². The van der Waals surface area contributed by atoms with E-state index in [4.69, 9.17) is 0 Å². The molecule has 0 bridgehead atoms. The van der Waals surface area contributed by atoms with Crippen molar-refractivity contribution in [1.29, 1.82) is 0 Å². The minimum Gasteiger partial charge on any atom is -0.0689 e. The van der Waals surface area contributed by atoms with Crippen LogP contribution in [0.1, 0.15) is 217 Å². The topological polar surface area (TPSA) is 0 Å². The van der Waals surface area contributed by atoms with Crippen molar-refractivity contribution in [3.63, 3.8) is 0 Å². The van der Waals surface area contributed by atoms with Gasteiger partial charge in [0.1, 0.15) is 0 Å². The molecule has 0 aromatic heterocycles. The molecule has 8 fully saturated rings. The van der Waals surface area contributed by atoms with Gasteiger partial charge in [-0.2, -0.15) is 0 Å². The molecule has 61 heavy (non-hydrogen) atoms. The predicted octanol–water partition coefficient (Wildman–Crippen LogP) is 17.7. The van der Waals surface area contributed by atoms with Crippen molar-refractivity contribution < 1.29 is 0 Å². The summed E-state index contributed by atoms with van der Waals surface area (Å²) in [5.74, 6) is 13.3. The summed E-state index contributed by atoms with van der Waals surface area (Å²) in [5, 5.41) is 0. The van der Waals surface area contributed by atoms with Crippen LogP contribution in [0.3, 0.4) is 0 Å². The van der Waals surface area contributed by atoms with Crippen LogP contribution >= 0.6 is 0 Å². The Morgan fingerprint density at radius 1 is 0.410 bits per heavy atom. The molecule has 0 nitrogen and oxygen atoms in total. The van der Waals surface area contributed by atoms with Gasteiger partial charge in [0.15, 0.2) is 0 Å². The second-order valence-electron chi connectivity index (χ2n) is 27.0. The van der Waals surface area contributed by atoms with Crippen LogP contribution in [0.5, 0.6) is 0 Å². The Bertz CT molecular complexity index is 1630. The van der Waals surface area contributed by atoms with Crippen molar-refractivity contribution in [2.24, 2.45) is 71.0 Å². The molecule has 0 N–H and O–H groups in total. The molecular weight excluding hydrogens is 749 g/mol. The van der Waals surface area contributed by atoms with E-state index >= 15 is 0 Å². The second kappa shape index (κ2) is 17.1. The molecular formula is C60H92Si. The maximum atomic E-state index is 3.12. The molecule has 2 aromatic rings. The van der Waals surface area contributed by atoms with Crippen molar-refractivity contribution in [3.8, 4) is 0 Å². The summed E-state index contributed by atoms with van der Waals surface area (Å²) in [6.07, 6.45) is 33.9. The maximum absolute atomic E-state index is 3.12. The molecule has 14 atom stereocenters. The predicted molar refractivity (Wildman–Crippen MR) is 264 cm³/mol. The zero-order valence-corrected chi connectivity index (χ0v) is 41.9. The van der Waals surface area contributed by atoms with Crippen molar-refractivity contribution in [2.75, 3.05) is 0 Å². The molecule has 14 unspecified atom stereocenters. The zero-order chi connectivity index (χ0) is 42.3. The Kier molecular flexibility index (Phi) is 12.2. The van der Waals surface area contributed by atoms with Gasteiger partial charge in [-0.25, -0.2) is 0 Å². The van der Waals surface area contributed by atoms with Crippen LogP contribution in [0.15, 0.2) is 48.5 Å². The number of benzene rings is 2. The molecule has 0 heterocycles. The Morgan fingerprint density at radius 2 is 0.787 bits per heavy atom. The summed E-state index contributed by atoms with van der Waals surface area (Å²) in [6.45, 7) is 20.7. The number of hydrogen-bond donors (Lipinski definition) is 0. The normalized spacial score (nSPS) is 39.8. The van der Waals surface area contributed by atoms with Crippen LogP contribution in [-0.2, 0) is 10.8 Å². The van der Waals surface area contributed by atoms with Crippen LogP contribution in [-0.4, -0.2) is 8.07 Å². The number of rotatable bonds is 8. The molecule has 0 saturated heterocycles. The lowest BCUT2D eigenvalue weighted by Crippen LogP contribution is -2.49. The highest BCUT2D eigenvalue weighted by Gasteiger charge is 2.64. The summed E-state index contributed by atoms with van der Waals surface area (Å²) < 4.78 is 0. The van der Waals surface area contributed by atoms with Gasteiger partial charge in [-0.15, -0.1) is 0 Å². The highest BCUT2D eigenvalue weighted by molar-refractivity contribution is 6.80. The molecule has 2 aromatic carbocycles. The van der Waals surface area contributed by atoms with Gasteiger partial charge in [0, 0.05) is 0 Å². The van der Waals surface area contributed by atoms with E-state index < -0.39 is 8.07 Å². The lowest BCUT2D eigenvalue weighted by molar-refractivity contribution is 0.115. The molecule has 8 aliphatic carbocycles. The Balaban J connectivity index is 1.04. The van der Waals surface area contributed by atoms with E-state index in [0.717, 1.165) is 93.9 Å². The van der Waals surface area contributed by atoms with Gasteiger partial charge in [0.2, 0.25) is 0 Å². The Labute approximate surface area is 377 Å². The SMILES string of the molecule is CC(C)(C)c1ccc(C2C3CCCC3CC3C2CC(CC2CCCCC2)C3[Si](C)(C)C2C(CC3CCCCC3)CC3C2CC2CCCC2C3c2ccc(C(C)(C)C)cc2)cc1. The van der Waals surface area contributed by atoms with Crippen molar-refractivity contribution in [3.05, 3.63) is 70.8 Å². The van der Waals surface area contributed by atoms with Gasteiger partial charge in [-0.05, 0) is 178 Å². The molecule has 10 rings (SSSR count). The van der Waals surface area contributed by atoms with E-state index in [2.05, 4.69) is 103 Å². The van der Waals surface area contributed by atoms with Crippen LogP contribution in [0.25, 0.3) is 0 Å². The van der Waals surface area contributed by atoms with Crippen molar-refractivity contribution in [1.82, 2.24) is 0 Å². The lowest BCUT2D eigenvalue weighted by atomic mass is 9.61. The summed E-state index contributed by atoms with van der Waals surface area (Å²) >= 11 is 0. The third-order valence-electron chi connectivity index (χ3n) is 21.4. The first-order chi connectivity index (χ1) is 29.3. The molecule has 336 valence electrons. The molecule has 8 aliphatic rings. The fraction of sp³-hybridized carbons (Fsp3) is 0.800. The van der Waals surface area contributed by atoms with Gasteiger partial charge in [0.05, 0.1) is 8.07 Å². The fourth-order valence-corrected chi connectivity index (χ4v) is 25.6. The largest absolute Gasteiger partial charge is 0.0689 e. The van der Waals surface area contributed by atoms with Crippen molar-refractivity contribution in [2.45, 2.75) is 230 Å². The van der Waals surface area contributed by atoms with E-state index in [1.807, 2.05) is 0 Å². The quantitative estimate of drug-likeness (QED) is 0.232. The lowest BCUT2D eigenvalue weighted by Gasteiger charge is -2.52. The highest BCUT2D eigenvalue weighted by Crippen LogP contribution is 2.72. The molecule has 8 saturated carbocycles. The maximum Gasteiger partial charge on any atom is 0.0547 e. The summed E-state index contributed by atoms with van der Waals surface area (Å²) in [6, 6.07) is 20.9. The molecule has 0 spiro atoms. The third-order valence-corrected chi connectivity index (χ3v) is 26.6. The highest BCUT2D eigenvalue weighted by atomic mass is 28.3. The van der Waals surface area contributed by atoms with Crippen LogP contribution in [0, 0.1) is 71.0 Å². The minimum atomic E-state index is -1.77. The van der Waals surface area contributed by atoms with Crippen LogP contribution in [0.2, 0.25) is 24.2 Å². The first-order valence-corrected chi connectivity index (χ1v) is 30.6. The average molecular weight is 841 g/mol. The van der Waals surface area contributed by atoms with E-state index in [1.54, 1.807) is 75.3 Å². The average Bonchev–Trinajstić information content (AvgIpc) is 4.04. The summed E-state index contributed by atoms with van der Waals surface area (Å²) in [4.78, 5) is 0. The van der Waals surface area contributed by atoms with Crippen LogP contribution < -0.4 is 0 Å². The van der Waals surface area contributed by atoms with E-state index in [1.165, 1.54) is 88.2 Å². The van der Waals surface area contributed by atoms with E-state index in [9.17, 15) is 0 Å². The zero-order valence-electron chi connectivity index (χ0n) is 40.9. The first kappa shape index (κ1) is 43.5. The van der Waals surface area contributed by atoms with Gasteiger partial charge in [-0.1, -0.05) is 193 Å². The van der Waals surface area contributed by atoms with E-state index in [-0.39, 0.29) is 10.8 Å². The number of hydrogen-bond acceptors (Lipinski definition) is 0. The smallest absolute Gasteiger partial charge is 0.0547 e. The monoisotopic (exact) mass is 841 g/mol. The second-order valence-corrected chi connectivity index (χ2v) is 32.0. The molecule has 1 heteroatoms. The first-order valence-electron chi connectivity index (χ1n) is 27.5. The minimum absolute atomic E-state index is 0.225.